The highest BCUT2D eigenvalue weighted by Gasteiger charge is 2.26. The number of likely N-dealkylation sites (N-methyl/N-ethyl adjacent to an activating group) is 1. The number of hydrogen-bond donors (Lipinski definition) is 3. The number of nitrogens with two attached hydrogens (primary N) is 1. The van der Waals surface area contributed by atoms with Gasteiger partial charge < -0.3 is 25.8 Å². The highest BCUT2D eigenvalue weighted by Crippen LogP contribution is 2.21. The Morgan fingerprint density at radius 3 is 1.53 bits per heavy atom. The van der Waals surface area contributed by atoms with E-state index in [9.17, 15) is 19.2 Å². The number of hydrogen-bond acceptors (Lipinski definition) is 6. The third-order valence-electron chi connectivity index (χ3n) is 6.60. The van der Waals surface area contributed by atoms with Crippen LogP contribution in [0.25, 0.3) is 0 Å². The van der Waals surface area contributed by atoms with Crippen LogP contribution in [0.2, 0.25) is 0 Å². The summed E-state index contributed by atoms with van der Waals surface area (Å²) in [6, 6.07) is 10.6. The van der Waals surface area contributed by atoms with Crippen LogP contribution < -0.4 is 11.1 Å². The van der Waals surface area contributed by atoms with Crippen molar-refractivity contribution in [3.63, 3.8) is 0 Å². The lowest BCUT2D eigenvalue weighted by Crippen LogP contribution is -2.32. The average Bonchev–Trinajstić information content (AvgIpc) is 2.91. The maximum absolute atomic E-state index is 11.4. The minimum absolute atomic E-state index is 0. The molecule has 0 aliphatic rings. The van der Waals surface area contributed by atoms with E-state index in [0.29, 0.717) is 24.9 Å². The summed E-state index contributed by atoms with van der Waals surface area (Å²) in [5.74, 6) is -1.49. The number of esters is 1. The summed E-state index contributed by atoms with van der Waals surface area (Å²) in [6.07, 6.45) is 2.54. The van der Waals surface area contributed by atoms with Gasteiger partial charge in [-0.25, -0.2) is 0 Å². The smallest absolute Gasteiger partial charge is 0.311 e. The first kappa shape index (κ1) is 76.1. The molecule has 2 amide bonds. The summed E-state index contributed by atoms with van der Waals surface area (Å²) in [4.78, 5) is 44.7. The van der Waals surface area contributed by atoms with E-state index in [4.69, 9.17) is 15.6 Å². The number of nitrogens with one attached hydrogen (secondary N) is 1. The number of carboxylic acids is 1. The number of carbonyl (C=O) groups is 4. The molecule has 0 spiro atoms. The van der Waals surface area contributed by atoms with Crippen molar-refractivity contribution >= 4 is 23.8 Å². The number of carboxylic acid groups (broad SMARTS) is 1. The Morgan fingerprint density at radius 2 is 1.27 bits per heavy atom. The summed E-state index contributed by atoms with van der Waals surface area (Å²) in [6.45, 7) is 18.6. The molecule has 9 nitrogen and oxygen atoms in total. The van der Waals surface area contributed by atoms with E-state index >= 15 is 0 Å². The van der Waals surface area contributed by atoms with E-state index in [2.05, 4.69) is 49.5 Å². The molecule has 302 valence electrons. The van der Waals surface area contributed by atoms with Crippen LogP contribution in [0.5, 0.6) is 0 Å². The summed E-state index contributed by atoms with van der Waals surface area (Å²) < 4.78 is 5.13. The van der Waals surface area contributed by atoms with Gasteiger partial charge in [0.05, 0.1) is 11.3 Å². The van der Waals surface area contributed by atoms with Gasteiger partial charge in [0.25, 0.3) is 0 Å². The van der Waals surface area contributed by atoms with Crippen LogP contribution in [0.4, 0.5) is 0 Å². The van der Waals surface area contributed by atoms with Gasteiger partial charge in [0.1, 0.15) is 6.61 Å². The van der Waals surface area contributed by atoms with Gasteiger partial charge in [0, 0.05) is 25.9 Å². The molecule has 0 fully saturated rings. The van der Waals surface area contributed by atoms with E-state index < -0.39 is 17.8 Å². The number of ether oxygens (including phenoxy) is 1. The lowest BCUT2D eigenvalue weighted by molar-refractivity contribution is -0.154. The fourth-order valence-corrected chi connectivity index (χ4v) is 2.75. The van der Waals surface area contributed by atoms with Gasteiger partial charge in [0.2, 0.25) is 11.8 Å². The molecule has 3 atom stereocenters. The van der Waals surface area contributed by atoms with Crippen LogP contribution in [0.1, 0.15) is 152 Å². The van der Waals surface area contributed by atoms with Crippen molar-refractivity contribution in [2.45, 2.75) is 147 Å². The number of nitrogens with zero attached hydrogens (tertiary/aromatic N) is 1. The zero-order valence-corrected chi connectivity index (χ0v) is 27.7. The van der Waals surface area contributed by atoms with Crippen LogP contribution in [0.15, 0.2) is 30.3 Å². The van der Waals surface area contributed by atoms with Gasteiger partial charge in [-0.3, -0.25) is 19.2 Å². The molecule has 9 heteroatoms. The van der Waals surface area contributed by atoms with E-state index in [1.54, 1.807) is 6.92 Å². The monoisotopic (exact) mass is 710 g/mol. The van der Waals surface area contributed by atoms with Crippen LogP contribution in [0.3, 0.4) is 0 Å². The van der Waals surface area contributed by atoms with Gasteiger partial charge in [0.15, 0.2) is 0 Å². The zero-order valence-electron chi connectivity index (χ0n) is 27.7. The van der Waals surface area contributed by atoms with E-state index in [-0.39, 0.29) is 82.6 Å². The molecule has 0 radical (unpaired) electrons. The first-order chi connectivity index (χ1) is 18.9. The maximum atomic E-state index is 11.4. The van der Waals surface area contributed by atoms with Crippen molar-refractivity contribution in [3.8, 4) is 0 Å². The van der Waals surface area contributed by atoms with Crippen LogP contribution in [-0.2, 0) is 23.9 Å². The molecular formula is C40H91N3O6. The number of benzene rings is 1. The number of carbonyl (C=O) groups excluding carboxylic acids is 3. The van der Waals surface area contributed by atoms with Crippen molar-refractivity contribution in [1.29, 1.82) is 0 Å². The molecule has 0 bridgehead atoms. The fraction of sp³-hybridized carbons (Fsp3) is 0.750. The molecule has 0 aromatic heterocycles. The summed E-state index contributed by atoms with van der Waals surface area (Å²) >= 11 is 0. The average molecular weight is 710 g/mol. The predicted molar refractivity (Wildman–Crippen MR) is 221 cm³/mol. The van der Waals surface area contributed by atoms with Crippen molar-refractivity contribution in [2.24, 2.45) is 28.9 Å². The normalized spacial score (nSPS) is 10.6. The Kier molecular flexibility index (Phi) is 66.9. The Morgan fingerprint density at radius 1 is 0.837 bits per heavy atom. The third kappa shape index (κ3) is 43.0. The Hall–Kier alpha value is -2.94. The number of primary amides is 1. The van der Waals surface area contributed by atoms with Crippen LogP contribution in [0, 0.1) is 23.2 Å². The highest BCUT2D eigenvalue weighted by atomic mass is 16.5. The van der Waals surface area contributed by atoms with Crippen molar-refractivity contribution < 1.29 is 29.0 Å². The number of aliphatic carboxylic acids is 1. The van der Waals surface area contributed by atoms with E-state index in [1.807, 2.05) is 53.6 Å². The second-order valence-electron chi connectivity index (χ2n) is 11.5. The highest BCUT2D eigenvalue weighted by molar-refractivity contribution is 5.83. The van der Waals surface area contributed by atoms with Crippen LogP contribution >= 0.6 is 0 Å². The molecule has 0 saturated carbocycles. The molecule has 0 saturated heterocycles. The molecule has 4 N–H and O–H groups in total. The lowest BCUT2D eigenvalue weighted by Gasteiger charge is -2.20. The Labute approximate surface area is 308 Å². The maximum Gasteiger partial charge on any atom is 0.311 e. The molecule has 0 heterocycles. The summed E-state index contributed by atoms with van der Waals surface area (Å²) in [5, 5.41) is 10.9. The van der Waals surface area contributed by atoms with Crippen molar-refractivity contribution in [2.75, 3.05) is 34.3 Å². The molecule has 49 heavy (non-hydrogen) atoms. The Balaban J connectivity index is -0.0000000420. The third-order valence-corrected chi connectivity index (χ3v) is 6.60. The summed E-state index contributed by atoms with van der Waals surface area (Å²) in [5.41, 5.74) is 5.96. The number of rotatable bonds is 12. The fourth-order valence-electron chi connectivity index (χ4n) is 2.75. The van der Waals surface area contributed by atoms with Crippen molar-refractivity contribution in [1.82, 2.24) is 10.2 Å². The topological polar surface area (TPSA) is 139 Å². The minimum Gasteiger partial charge on any atom is -0.481 e. The quantitative estimate of drug-likeness (QED) is 0.184. The van der Waals surface area contributed by atoms with Gasteiger partial charge >= 0.3 is 11.9 Å². The van der Waals surface area contributed by atoms with E-state index in [0.717, 1.165) is 13.0 Å². The van der Waals surface area contributed by atoms with Crippen molar-refractivity contribution in [3.05, 3.63) is 35.9 Å². The molecule has 3 unspecified atom stereocenters. The van der Waals surface area contributed by atoms with Gasteiger partial charge in [-0.05, 0) is 58.2 Å². The largest absolute Gasteiger partial charge is 0.481 e. The molecule has 1 rings (SSSR count). The Bertz CT molecular complexity index is 859. The number of amides is 2. The summed E-state index contributed by atoms with van der Waals surface area (Å²) in [7, 11) is 5.41. The molecule has 0 aliphatic carbocycles. The standard InChI is InChI=1S/C10H21NO2.C10H14.C7H13NO3.C5H11NO.8CH4/c1-6-10(2,3)9(12)13-8-7-11(4)5;1-3-9(2)10-7-5-4-6-8-10;1-4(6(9)8-3)5(2)7(10)11;1-4(2)3-5(6)7;;;;;;;;/h6-8H2,1-5H3;4-9H,3H2,1-2H3;4-5H,1-3H3,(H,8,9)(H,10,11);4H,3H2,1-2H3,(H2,6,7);8*1H4. The van der Waals surface area contributed by atoms with E-state index in [1.165, 1.54) is 26.0 Å². The second kappa shape index (κ2) is 43.1. The molecule has 1 aromatic rings. The van der Waals surface area contributed by atoms with Gasteiger partial charge in [-0.2, -0.15) is 0 Å². The molecule has 0 aliphatic heterocycles. The lowest BCUT2D eigenvalue weighted by atomic mass is 9.91. The molecular weight excluding hydrogens is 618 g/mol. The second-order valence-corrected chi connectivity index (χ2v) is 11.5. The zero-order chi connectivity index (χ0) is 32.8. The first-order valence-corrected chi connectivity index (χ1v) is 14.5. The van der Waals surface area contributed by atoms with Crippen LogP contribution in [-0.4, -0.2) is 68.1 Å². The predicted octanol–water partition coefficient (Wildman–Crippen LogP) is 10.4. The SMILES string of the molecule is C.C.C.C.C.C.C.C.CC(C)CC(N)=O.CCC(C)(C)C(=O)OCCN(C)C.CCC(C)c1ccccc1.CNC(=O)C(C)C(C)C(=O)O. The first-order valence-electron chi connectivity index (χ1n) is 14.5. The molecule has 1 aromatic carbocycles. The van der Waals surface area contributed by atoms with Gasteiger partial charge in [-0.15, -0.1) is 0 Å². The van der Waals surface area contributed by atoms with Gasteiger partial charge in [-0.1, -0.05) is 138 Å². The minimum atomic E-state index is -0.943.